The van der Waals surface area contributed by atoms with Crippen LogP contribution in [0.15, 0.2) is 66.7 Å². The second kappa shape index (κ2) is 8.99. The summed E-state index contributed by atoms with van der Waals surface area (Å²) in [5, 5.41) is 5.06. The van der Waals surface area contributed by atoms with Crippen LogP contribution in [0.3, 0.4) is 0 Å². The van der Waals surface area contributed by atoms with E-state index >= 15 is 0 Å². The summed E-state index contributed by atoms with van der Waals surface area (Å²) in [6, 6.07) is 21.5. The first kappa shape index (κ1) is 20.0. The van der Waals surface area contributed by atoms with Crippen molar-refractivity contribution in [3.8, 4) is 5.75 Å². The third-order valence-electron chi connectivity index (χ3n) is 5.77. The molecule has 0 radical (unpaired) electrons. The highest BCUT2D eigenvalue weighted by molar-refractivity contribution is 6.07. The molecule has 0 spiro atoms. The van der Waals surface area contributed by atoms with Gasteiger partial charge in [0, 0.05) is 31.1 Å². The molecule has 154 valence electrons. The highest BCUT2D eigenvalue weighted by Gasteiger charge is 2.28. The number of nitrogens with zero attached hydrogens (tertiary/aromatic N) is 1. The zero-order chi connectivity index (χ0) is 20.9. The Morgan fingerprint density at radius 2 is 1.73 bits per heavy atom. The Balaban J connectivity index is 1.34. The molecule has 1 heterocycles. The maximum Gasteiger partial charge on any atom is 0.254 e. The predicted octanol–water partition coefficient (Wildman–Crippen LogP) is 4.02. The van der Waals surface area contributed by atoms with Crippen molar-refractivity contribution in [1.82, 2.24) is 10.2 Å². The van der Waals surface area contributed by atoms with Crippen molar-refractivity contribution >= 4 is 22.6 Å². The van der Waals surface area contributed by atoms with Gasteiger partial charge in [-0.2, -0.15) is 0 Å². The lowest BCUT2D eigenvalue weighted by Crippen LogP contribution is -2.43. The first-order valence-electron chi connectivity index (χ1n) is 10.3. The number of fused-ring (bicyclic) bond motifs is 1. The van der Waals surface area contributed by atoms with Crippen LogP contribution in [-0.4, -0.2) is 36.9 Å². The van der Waals surface area contributed by atoms with Crippen LogP contribution in [0.4, 0.5) is 0 Å². The Kier molecular flexibility index (Phi) is 5.98. The first-order chi connectivity index (χ1) is 14.7. The first-order valence-corrected chi connectivity index (χ1v) is 10.3. The van der Waals surface area contributed by atoms with Gasteiger partial charge in [-0.25, -0.2) is 0 Å². The van der Waals surface area contributed by atoms with E-state index in [1.807, 2.05) is 71.6 Å². The molecule has 1 aliphatic rings. The van der Waals surface area contributed by atoms with Crippen LogP contribution in [0.25, 0.3) is 10.8 Å². The van der Waals surface area contributed by atoms with Crippen LogP contribution in [0, 0.1) is 5.92 Å². The van der Waals surface area contributed by atoms with Crippen LogP contribution < -0.4 is 10.1 Å². The van der Waals surface area contributed by atoms with Crippen molar-refractivity contribution in [1.29, 1.82) is 0 Å². The molecule has 0 bridgehead atoms. The van der Waals surface area contributed by atoms with E-state index in [1.165, 1.54) is 0 Å². The molecule has 1 saturated heterocycles. The predicted molar refractivity (Wildman–Crippen MR) is 117 cm³/mol. The van der Waals surface area contributed by atoms with E-state index in [0.717, 1.165) is 27.6 Å². The summed E-state index contributed by atoms with van der Waals surface area (Å²) in [4.78, 5) is 27.5. The van der Waals surface area contributed by atoms with Crippen LogP contribution in [-0.2, 0) is 11.3 Å². The number of nitrogens with one attached hydrogen (secondary N) is 1. The molecule has 3 aromatic rings. The van der Waals surface area contributed by atoms with E-state index in [2.05, 4.69) is 5.32 Å². The summed E-state index contributed by atoms with van der Waals surface area (Å²) in [7, 11) is 1.63. The highest BCUT2D eigenvalue weighted by atomic mass is 16.5. The van der Waals surface area contributed by atoms with E-state index in [4.69, 9.17) is 4.74 Å². The van der Waals surface area contributed by atoms with Crippen molar-refractivity contribution in [2.75, 3.05) is 20.2 Å². The molecule has 1 N–H and O–H groups in total. The Morgan fingerprint density at radius 3 is 2.53 bits per heavy atom. The fourth-order valence-corrected chi connectivity index (χ4v) is 4.04. The summed E-state index contributed by atoms with van der Waals surface area (Å²) < 4.78 is 5.23. The number of carbonyl (C=O) groups excluding carboxylic acids is 2. The molecule has 0 aromatic heterocycles. The minimum absolute atomic E-state index is 0.0436. The van der Waals surface area contributed by atoms with Gasteiger partial charge < -0.3 is 15.0 Å². The van der Waals surface area contributed by atoms with Gasteiger partial charge in [-0.15, -0.1) is 0 Å². The van der Waals surface area contributed by atoms with E-state index < -0.39 is 0 Å². The number of piperidine rings is 1. The number of amides is 2. The second-order valence-corrected chi connectivity index (χ2v) is 7.66. The monoisotopic (exact) mass is 402 g/mol. The molecule has 4 rings (SSSR count). The van der Waals surface area contributed by atoms with Gasteiger partial charge in [-0.3, -0.25) is 9.59 Å². The Hall–Kier alpha value is -3.34. The standard InChI is InChI=1S/C25H26N2O3/c1-30-21-9-4-6-18(16-21)17-26-24(28)20-12-14-27(15-13-20)25(29)23-11-5-8-19-7-2-3-10-22(19)23/h2-11,16,20H,12-15,17H2,1H3,(H,26,28). The Labute approximate surface area is 176 Å². The molecule has 5 nitrogen and oxygen atoms in total. The van der Waals surface area contributed by atoms with Gasteiger partial charge in [0.05, 0.1) is 7.11 Å². The third-order valence-corrected chi connectivity index (χ3v) is 5.77. The SMILES string of the molecule is COc1cccc(CNC(=O)C2CCN(C(=O)c3cccc4ccccc34)CC2)c1. The molecule has 0 atom stereocenters. The minimum atomic E-state index is -0.0628. The summed E-state index contributed by atoms with van der Waals surface area (Å²) >= 11 is 0. The lowest BCUT2D eigenvalue weighted by Gasteiger charge is -2.31. The van der Waals surface area contributed by atoms with E-state index in [1.54, 1.807) is 7.11 Å². The van der Waals surface area contributed by atoms with Crippen LogP contribution in [0.5, 0.6) is 5.75 Å². The number of hydrogen-bond donors (Lipinski definition) is 1. The summed E-state index contributed by atoms with van der Waals surface area (Å²) in [6.45, 7) is 1.67. The van der Waals surface area contributed by atoms with Crippen molar-refractivity contribution in [3.63, 3.8) is 0 Å². The van der Waals surface area contributed by atoms with E-state index in [0.29, 0.717) is 32.5 Å². The second-order valence-electron chi connectivity index (χ2n) is 7.66. The summed E-state index contributed by atoms with van der Waals surface area (Å²) in [6.07, 6.45) is 1.36. The average Bonchev–Trinajstić information content (AvgIpc) is 2.82. The van der Waals surface area contributed by atoms with Gasteiger partial charge in [0.1, 0.15) is 5.75 Å². The lowest BCUT2D eigenvalue weighted by molar-refractivity contribution is -0.126. The average molecular weight is 402 g/mol. The topological polar surface area (TPSA) is 58.6 Å². The quantitative estimate of drug-likeness (QED) is 0.701. The fourth-order valence-electron chi connectivity index (χ4n) is 4.04. The third kappa shape index (κ3) is 4.30. The van der Waals surface area contributed by atoms with E-state index in [9.17, 15) is 9.59 Å². The molecule has 0 saturated carbocycles. The minimum Gasteiger partial charge on any atom is -0.497 e. The number of methoxy groups -OCH3 is 1. The van der Waals surface area contributed by atoms with Crippen molar-refractivity contribution in [3.05, 3.63) is 77.9 Å². The van der Waals surface area contributed by atoms with Gasteiger partial charge in [0.2, 0.25) is 5.91 Å². The summed E-state index contributed by atoms with van der Waals surface area (Å²) in [5.74, 6) is 0.811. The molecule has 30 heavy (non-hydrogen) atoms. The smallest absolute Gasteiger partial charge is 0.254 e. The maximum atomic E-state index is 13.1. The number of carbonyl (C=O) groups is 2. The fraction of sp³-hybridized carbons (Fsp3) is 0.280. The number of rotatable bonds is 5. The Bertz CT molecular complexity index is 1050. The number of benzene rings is 3. The zero-order valence-electron chi connectivity index (χ0n) is 17.1. The van der Waals surface area contributed by atoms with Crippen LogP contribution >= 0.6 is 0 Å². The van der Waals surface area contributed by atoms with Crippen molar-refractivity contribution in [2.45, 2.75) is 19.4 Å². The lowest BCUT2D eigenvalue weighted by atomic mass is 9.94. The van der Waals surface area contributed by atoms with Crippen LogP contribution in [0.2, 0.25) is 0 Å². The summed E-state index contributed by atoms with van der Waals surface area (Å²) in [5.41, 5.74) is 1.74. The molecule has 2 amide bonds. The van der Waals surface area contributed by atoms with Gasteiger partial charge in [0.15, 0.2) is 0 Å². The molecular formula is C25H26N2O3. The number of ether oxygens (including phenoxy) is 1. The Morgan fingerprint density at radius 1 is 1.00 bits per heavy atom. The normalized spacial score (nSPS) is 14.5. The molecule has 3 aromatic carbocycles. The molecule has 1 aliphatic heterocycles. The number of hydrogen-bond acceptors (Lipinski definition) is 3. The number of likely N-dealkylation sites (tertiary alicyclic amines) is 1. The largest absolute Gasteiger partial charge is 0.497 e. The molecular weight excluding hydrogens is 376 g/mol. The van der Waals surface area contributed by atoms with Gasteiger partial charge in [0.25, 0.3) is 5.91 Å². The highest BCUT2D eigenvalue weighted by Crippen LogP contribution is 2.24. The molecule has 0 unspecified atom stereocenters. The molecule has 1 fully saturated rings. The van der Waals surface area contributed by atoms with Crippen LogP contribution in [0.1, 0.15) is 28.8 Å². The zero-order valence-corrected chi connectivity index (χ0v) is 17.1. The molecule has 5 heteroatoms. The van der Waals surface area contributed by atoms with Crippen molar-refractivity contribution < 1.29 is 14.3 Å². The maximum absolute atomic E-state index is 13.1. The van der Waals surface area contributed by atoms with Gasteiger partial charge >= 0.3 is 0 Å². The van der Waals surface area contributed by atoms with Gasteiger partial charge in [-0.1, -0.05) is 48.5 Å². The van der Waals surface area contributed by atoms with Gasteiger partial charge in [-0.05, 0) is 47.4 Å². The van der Waals surface area contributed by atoms with E-state index in [-0.39, 0.29) is 17.7 Å². The molecule has 0 aliphatic carbocycles. The van der Waals surface area contributed by atoms with Crippen molar-refractivity contribution in [2.24, 2.45) is 5.92 Å².